The number of hydrogen-bond donors (Lipinski definition) is 1. The molecule has 5 heteroatoms. The largest absolute Gasteiger partial charge is 0.310 e. The van der Waals surface area contributed by atoms with Crippen LogP contribution in [0.4, 0.5) is 5.69 Å². The first-order valence-electron chi connectivity index (χ1n) is 7.06. The summed E-state index contributed by atoms with van der Waals surface area (Å²) in [5, 5.41) is 14.8. The number of nitro groups is 1. The fraction of sp³-hybridized carbons (Fsp3) is 0.600. The summed E-state index contributed by atoms with van der Waals surface area (Å²) in [7, 11) is 0. The molecule has 1 aromatic rings. The van der Waals surface area contributed by atoms with Gasteiger partial charge < -0.3 is 5.32 Å². The molecular formula is C15H23ClN2O2. The summed E-state index contributed by atoms with van der Waals surface area (Å²) < 4.78 is 0. The van der Waals surface area contributed by atoms with Gasteiger partial charge in [-0.15, -0.1) is 0 Å². The van der Waals surface area contributed by atoms with Gasteiger partial charge in [0.2, 0.25) is 0 Å². The SMILES string of the molecule is CC(C)CCCC(C)NCc1cc(Cl)ccc1[N+](=O)[O-]. The van der Waals surface area contributed by atoms with Crippen LogP contribution < -0.4 is 5.32 Å². The van der Waals surface area contributed by atoms with Crippen LogP contribution in [-0.2, 0) is 6.54 Å². The molecule has 0 bridgehead atoms. The van der Waals surface area contributed by atoms with Crippen molar-refractivity contribution in [2.45, 2.75) is 52.6 Å². The van der Waals surface area contributed by atoms with Crippen molar-refractivity contribution in [3.8, 4) is 0 Å². The van der Waals surface area contributed by atoms with Gasteiger partial charge in [0.05, 0.1) is 4.92 Å². The number of halogens is 1. The molecule has 0 heterocycles. The van der Waals surface area contributed by atoms with Crippen LogP contribution in [0.5, 0.6) is 0 Å². The van der Waals surface area contributed by atoms with E-state index < -0.39 is 0 Å². The molecule has 1 aromatic carbocycles. The maximum absolute atomic E-state index is 11.0. The highest BCUT2D eigenvalue weighted by molar-refractivity contribution is 6.30. The maximum atomic E-state index is 11.0. The summed E-state index contributed by atoms with van der Waals surface area (Å²) in [5.74, 6) is 0.719. The van der Waals surface area contributed by atoms with Crippen LogP contribution in [-0.4, -0.2) is 11.0 Å². The van der Waals surface area contributed by atoms with Crippen LogP contribution in [0.15, 0.2) is 18.2 Å². The monoisotopic (exact) mass is 298 g/mol. The van der Waals surface area contributed by atoms with Crippen LogP contribution in [0.25, 0.3) is 0 Å². The Balaban J connectivity index is 2.52. The number of benzene rings is 1. The third-order valence-electron chi connectivity index (χ3n) is 3.30. The fourth-order valence-corrected chi connectivity index (χ4v) is 2.29. The standard InChI is InChI=1S/C15H23ClN2O2/c1-11(2)5-4-6-12(3)17-10-13-9-14(16)7-8-15(13)18(19)20/h7-9,11-12,17H,4-6,10H2,1-3H3. The smallest absolute Gasteiger partial charge is 0.273 e. The van der Waals surface area contributed by atoms with Gasteiger partial charge in [0, 0.05) is 29.2 Å². The Hall–Kier alpha value is -1.13. The van der Waals surface area contributed by atoms with Crippen molar-refractivity contribution in [1.82, 2.24) is 5.32 Å². The molecule has 1 N–H and O–H groups in total. The Kier molecular flexibility index (Phi) is 6.96. The van der Waals surface area contributed by atoms with Crippen LogP contribution in [0.1, 0.15) is 45.6 Å². The van der Waals surface area contributed by atoms with E-state index in [1.54, 1.807) is 12.1 Å². The Morgan fingerprint density at radius 3 is 2.60 bits per heavy atom. The molecule has 0 amide bonds. The summed E-state index contributed by atoms with van der Waals surface area (Å²) in [5.41, 5.74) is 0.759. The molecule has 0 saturated heterocycles. The molecule has 0 fully saturated rings. The third kappa shape index (κ3) is 5.88. The number of nitrogens with one attached hydrogen (secondary N) is 1. The van der Waals surface area contributed by atoms with Crippen molar-refractivity contribution >= 4 is 17.3 Å². The van der Waals surface area contributed by atoms with Gasteiger partial charge in [-0.05, 0) is 31.4 Å². The van der Waals surface area contributed by atoms with Gasteiger partial charge >= 0.3 is 0 Å². The minimum atomic E-state index is -0.364. The van der Waals surface area contributed by atoms with E-state index in [1.165, 1.54) is 18.9 Å². The molecule has 1 unspecified atom stereocenters. The quantitative estimate of drug-likeness (QED) is 0.565. The van der Waals surface area contributed by atoms with E-state index in [-0.39, 0.29) is 10.6 Å². The van der Waals surface area contributed by atoms with Gasteiger partial charge in [-0.25, -0.2) is 0 Å². The number of nitro benzene ring substituents is 1. The lowest BCUT2D eigenvalue weighted by Gasteiger charge is -2.14. The van der Waals surface area contributed by atoms with Crippen molar-refractivity contribution in [2.75, 3.05) is 0 Å². The van der Waals surface area contributed by atoms with Gasteiger partial charge in [-0.3, -0.25) is 10.1 Å². The molecule has 1 atom stereocenters. The second-order valence-corrected chi connectivity index (χ2v) is 6.07. The molecule has 4 nitrogen and oxygen atoms in total. The Morgan fingerprint density at radius 2 is 2.00 bits per heavy atom. The van der Waals surface area contributed by atoms with Crippen LogP contribution in [0.2, 0.25) is 5.02 Å². The molecule has 0 aliphatic rings. The van der Waals surface area contributed by atoms with E-state index in [0.29, 0.717) is 23.2 Å². The second-order valence-electron chi connectivity index (χ2n) is 5.64. The average Bonchev–Trinajstić information content (AvgIpc) is 2.35. The summed E-state index contributed by atoms with van der Waals surface area (Å²) in [4.78, 5) is 10.6. The first-order valence-corrected chi connectivity index (χ1v) is 7.44. The Morgan fingerprint density at radius 1 is 1.30 bits per heavy atom. The van der Waals surface area contributed by atoms with Gasteiger partial charge in [-0.1, -0.05) is 38.3 Å². The molecule has 0 aliphatic heterocycles. The number of nitrogens with zero attached hydrogens (tertiary/aromatic N) is 1. The fourth-order valence-electron chi connectivity index (χ4n) is 2.09. The second kappa shape index (κ2) is 8.22. The summed E-state index contributed by atoms with van der Waals surface area (Å²) in [6.45, 7) is 7.01. The maximum Gasteiger partial charge on any atom is 0.273 e. The van der Waals surface area contributed by atoms with Crippen molar-refractivity contribution in [1.29, 1.82) is 0 Å². The highest BCUT2D eigenvalue weighted by atomic mass is 35.5. The highest BCUT2D eigenvalue weighted by Gasteiger charge is 2.14. The molecule has 0 spiro atoms. The molecule has 1 rings (SSSR count). The summed E-state index contributed by atoms with van der Waals surface area (Å²) in [6.07, 6.45) is 3.46. The van der Waals surface area contributed by atoms with E-state index in [2.05, 4.69) is 26.1 Å². The average molecular weight is 299 g/mol. The molecule has 0 saturated carbocycles. The van der Waals surface area contributed by atoms with Crippen LogP contribution in [0.3, 0.4) is 0 Å². The predicted molar refractivity (Wildman–Crippen MR) is 83.1 cm³/mol. The number of hydrogen-bond acceptors (Lipinski definition) is 3. The zero-order valence-corrected chi connectivity index (χ0v) is 13.1. The normalized spacial score (nSPS) is 12.7. The zero-order valence-electron chi connectivity index (χ0n) is 12.4. The molecule has 0 radical (unpaired) electrons. The van der Waals surface area contributed by atoms with E-state index in [9.17, 15) is 10.1 Å². The lowest BCUT2D eigenvalue weighted by Crippen LogP contribution is -2.25. The molecule has 112 valence electrons. The lowest BCUT2D eigenvalue weighted by molar-refractivity contribution is -0.385. The number of rotatable bonds is 8. The van der Waals surface area contributed by atoms with Crippen molar-refractivity contribution in [3.05, 3.63) is 38.9 Å². The van der Waals surface area contributed by atoms with Crippen molar-refractivity contribution in [2.24, 2.45) is 5.92 Å². The first-order chi connectivity index (χ1) is 9.40. The van der Waals surface area contributed by atoms with Gasteiger partial charge in [0.15, 0.2) is 0 Å². The highest BCUT2D eigenvalue weighted by Crippen LogP contribution is 2.22. The van der Waals surface area contributed by atoms with Gasteiger partial charge in [-0.2, -0.15) is 0 Å². The summed E-state index contributed by atoms with van der Waals surface area (Å²) >= 11 is 5.90. The van der Waals surface area contributed by atoms with E-state index in [4.69, 9.17) is 11.6 Å². The van der Waals surface area contributed by atoms with Gasteiger partial charge in [0.1, 0.15) is 0 Å². The Bertz CT molecular complexity index is 449. The Labute approximate surface area is 125 Å². The molecule has 0 aromatic heterocycles. The van der Waals surface area contributed by atoms with E-state index in [0.717, 1.165) is 12.3 Å². The molecular weight excluding hydrogens is 276 g/mol. The van der Waals surface area contributed by atoms with Crippen molar-refractivity contribution < 1.29 is 4.92 Å². The predicted octanol–water partition coefficient (Wildman–Crippen LogP) is 4.55. The third-order valence-corrected chi connectivity index (χ3v) is 3.53. The van der Waals surface area contributed by atoms with Crippen molar-refractivity contribution in [3.63, 3.8) is 0 Å². The van der Waals surface area contributed by atoms with Crippen LogP contribution >= 0.6 is 11.6 Å². The summed E-state index contributed by atoms with van der Waals surface area (Å²) in [6, 6.07) is 5.01. The van der Waals surface area contributed by atoms with Gasteiger partial charge in [0.25, 0.3) is 5.69 Å². The topological polar surface area (TPSA) is 55.2 Å². The lowest BCUT2D eigenvalue weighted by atomic mass is 10.0. The molecule has 0 aliphatic carbocycles. The van der Waals surface area contributed by atoms with E-state index >= 15 is 0 Å². The minimum Gasteiger partial charge on any atom is -0.310 e. The minimum absolute atomic E-state index is 0.122. The van der Waals surface area contributed by atoms with E-state index in [1.807, 2.05) is 0 Å². The molecule has 20 heavy (non-hydrogen) atoms. The van der Waals surface area contributed by atoms with Crippen LogP contribution in [0, 0.1) is 16.0 Å². The zero-order chi connectivity index (χ0) is 15.1. The first kappa shape index (κ1) is 16.9.